The molecule has 0 spiro atoms. The van der Waals surface area contributed by atoms with Gasteiger partial charge in [0.15, 0.2) is 34.7 Å². The lowest BCUT2D eigenvalue weighted by Crippen LogP contribution is -2.01. The topological polar surface area (TPSA) is 224 Å². The van der Waals surface area contributed by atoms with E-state index in [-0.39, 0.29) is 101 Å². The summed E-state index contributed by atoms with van der Waals surface area (Å²) in [6.45, 7) is 17.2. The van der Waals surface area contributed by atoms with Crippen LogP contribution in [0.5, 0.6) is 0 Å². The fraction of sp³-hybridized carbons (Fsp3) is 0.289. The minimum Gasteiger partial charge on any atom is -0.510 e. The van der Waals surface area contributed by atoms with Crippen LogP contribution in [0.2, 0.25) is 10.0 Å². The maximum atomic E-state index is 11.3. The minimum absolute atomic E-state index is 0.0265. The average Bonchev–Trinajstić information content (AvgIpc) is 1.77. The zero-order chi connectivity index (χ0) is 71.1. The van der Waals surface area contributed by atoms with Crippen LogP contribution in [-0.2, 0) is 28.8 Å². The number of aliphatic hydroxyl groups is 6. The van der Waals surface area contributed by atoms with E-state index in [1.807, 2.05) is 123 Å². The van der Waals surface area contributed by atoms with E-state index in [2.05, 4.69) is 41.9 Å². The minimum atomic E-state index is -0.155. The molecule has 21 heteroatoms. The molecule has 0 aromatic heterocycles. The first-order valence-electron chi connectivity index (χ1n) is 30.7. The van der Waals surface area contributed by atoms with Gasteiger partial charge >= 0.3 is 0 Å². The SMILES string of the molecule is CC(=O)C1=C(O)C(c2ccc(Br)cc2)SC1.CC(=O)C1=C(O)C(c2ccc(C)c(C)c2)SC1.CC(=O)C1=C(O)C(c2ccc(C)cc2)SC1.CC(=O)C1=C(O)C(c2ccc(C)cc2)SC1.CC(=O)C1=C(O)C(c2ccc(Cl)cc2)SC1.CC(=O)C1=C(O)C(c2cccc(Cl)c2)SC1. The molecule has 6 atom stereocenters. The first-order valence-corrected chi connectivity index (χ1v) is 38.6. The second kappa shape index (κ2) is 36.2. The molecule has 0 radical (unpaired) electrons. The van der Waals surface area contributed by atoms with Crippen LogP contribution in [0.3, 0.4) is 0 Å². The molecular weight excluding hydrogens is 1450 g/mol. The highest BCUT2D eigenvalue weighted by atomic mass is 79.9. The standard InChI is InChI=1S/C14H16O2S.2C13H14O2S.C12H11BrO2S.2C12H11ClO2S/c1-8-4-5-11(6-9(8)2)14-13(16)12(7-17-14)10(3)15;2*1-8-3-5-10(6-4-8)13-12(15)11(7-16-13)9(2)14;2*1-7(14)10-6-16-12(11(10)15)8-2-4-9(13)5-3-8;1-7(14)10-6-16-12(11(10)15)8-3-2-4-9(13)5-8/h4-6,14,16H,7H2,1-3H3;2*3-6,13,15H,7H2,1-2H3;3*2-5,12,15H,6H2,1H3. The van der Waals surface area contributed by atoms with Crippen molar-refractivity contribution in [1.82, 2.24) is 0 Å². The number of benzene rings is 6. The molecule has 510 valence electrons. The smallest absolute Gasteiger partial charge is 0.160 e. The molecule has 97 heavy (non-hydrogen) atoms. The van der Waals surface area contributed by atoms with Crippen molar-refractivity contribution < 1.29 is 59.4 Å². The van der Waals surface area contributed by atoms with Crippen LogP contribution >= 0.6 is 110 Å². The molecule has 0 amide bonds. The molecule has 0 fully saturated rings. The molecular formula is C76H77BrCl2O12S6. The third-order valence-corrected chi connectivity index (χ3v) is 25.1. The molecule has 6 aromatic carbocycles. The number of hydrogen-bond acceptors (Lipinski definition) is 18. The fourth-order valence-corrected chi connectivity index (χ4v) is 19.0. The van der Waals surface area contributed by atoms with Crippen molar-refractivity contribution in [3.8, 4) is 0 Å². The molecule has 6 aromatic rings. The normalized spacial score (nSPS) is 20.2. The van der Waals surface area contributed by atoms with Crippen molar-refractivity contribution in [2.24, 2.45) is 0 Å². The van der Waals surface area contributed by atoms with E-state index in [1.165, 1.54) is 63.8 Å². The van der Waals surface area contributed by atoms with Crippen molar-refractivity contribution in [2.75, 3.05) is 34.5 Å². The maximum absolute atomic E-state index is 11.3. The van der Waals surface area contributed by atoms with Crippen molar-refractivity contribution in [3.63, 3.8) is 0 Å². The van der Waals surface area contributed by atoms with E-state index >= 15 is 0 Å². The Labute approximate surface area is 611 Å². The van der Waals surface area contributed by atoms with E-state index in [9.17, 15) is 59.4 Å². The number of aryl methyl sites for hydroxylation is 4. The third kappa shape index (κ3) is 20.7. The van der Waals surface area contributed by atoms with Crippen molar-refractivity contribution in [3.05, 3.63) is 278 Å². The van der Waals surface area contributed by atoms with Crippen LogP contribution in [0.4, 0.5) is 0 Å². The number of Topliss-reactive ketones (excluding diaryl/α,β-unsaturated/α-hetero) is 6. The Morgan fingerprint density at radius 2 is 0.567 bits per heavy atom. The molecule has 0 aliphatic carbocycles. The summed E-state index contributed by atoms with van der Waals surface area (Å²) in [4.78, 5) is 67.6. The Morgan fingerprint density at radius 1 is 0.320 bits per heavy atom. The van der Waals surface area contributed by atoms with Gasteiger partial charge in [0.2, 0.25) is 0 Å². The first-order chi connectivity index (χ1) is 46.0. The Hall–Kier alpha value is -6.26. The second-order valence-corrected chi connectivity index (χ2v) is 31.8. The summed E-state index contributed by atoms with van der Waals surface area (Å²) in [6.07, 6.45) is 0. The molecule has 12 rings (SSSR count). The van der Waals surface area contributed by atoms with E-state index in [1.54, 1.807) is 88.8 Å². The zero-order valence-electron chi connectivity index (χ0n) is 55.2. The third-order valence-electron chi connectivity index (χ3n) is 16.4. The van der Waals surface area contributed by atoms with Crippen LogP contribution in [-0.4, -0.2) is 99.9 Å². The van der Waals surface area contributed by atoms with Crippen LogP contribution in [0, 0.1) is 27.7 Å². The van der Waals surface area contributed by atoms with Crippen molar-refractivity contribution in [2.45, 2.75) is 101 Å². The van der Waals surface area contributed by atoms with Crippen LogP contribution in [0.15, 0.2) is 212 Å². The molecule has 0 saturated heterocycles. The first kappa shape index (κ1) is 78.1. The summed E-state index contributed by atoms with van der Waals surface area (Å²) in [5.74, 6) is 4.65. The predicted molar refractivity (Wildman–Crippen MR) is 409 cm³/mol. The number of carbonyl (C=O) groups excluding carboxylic acids is 6. The van der Waals surface area contributed by atoms with E-state index in [4.69, 9.17) is 23.2 Å². The molecule has 0 saturated carbocycles. The number of ketones is 6. The average molecular weight is 1530 g/mol. The van der Waals surface area contributed by atoms with Crippen molar-refractivity contribution >= 4 is 144 Å². The van der Waals surface area contributed by atoms with Crippen LogP contribution in [0.25, 0.3) is 0 Å². The summed E-state index contributed by atoms with van der Waals surface area (Å²) in [5.41, 5.74) is 14.3. The highest BCUT2D eigenvalue weighted by Gasteiger charge is 2.34. The maximum Gasteiger partial charge on any atom is 0.160 e. The van der Waals surface area contributed by atoms with E-state index in [0.29, 0.717) is 78.0 Å². The molecule has 6 aliphatic rings. The monoisotopic (exact) mass is 1520 g/mol. The van der Waals surface area contributed by atoms with Gasteiger partial charge in [-0.25, -0.2) is 0 Å². The van der Waals surface area contributed by atoms with Gasteiger partial charge in [-0.05, 0) is 150 Å². The predicted octanol–water partition coefficient (Wildman–Crippen LogP) is 20.6. The molecule has 12 nitrogen and oxygen atoms in total. The van der Waals surface area contributed by atoms with Gasteiger partial charge in [-0.15, -0.1) is 70.6 Å². The summed E-state index contributed by atoms with van der Waals surface area (Å²) < 4.78 is 1.01. The Morgan fingerprint density at radius 3 is 0.825 bits per heavy atom. The lowest BCUT2D eigenvalue weighted by atomic mass is 10.0. The lowest BCUT2D eigenvalue weighted by molar-refractivity contribution is -0.114. The number of thioether (sulfide) groups is 6. The van der Waals surface area contributed by atoms with Gasteiger partial charge in [0.05, 0.1) is 31.5 Å². The van der Waals surface area contributed by atoms with Gasteiger partial charge in [-0.3, -0.25) is 28.8 Å². The quantitative estimate of drug-likeness (QED) is 0.0670. The number of halogens is 3. The number of hydrogen-bond donors (Lipinski definition) is 6. The Bertz CT molecular complexity index is 3790. The molecule has 6 unspecified atom stereocenters. The number of aliphatic hydroxyl groups excluding tert-OH is 6. The van der Waals surface area contributed by atoms with E-state index < -0.39 is 0 Å². The Balaban J connectivity index is 0.000000164. The van der Waals surface area contributed by atoms with Crippen LogP contribution < -0.4 is 0 Å². The van der Waals surface area contributed by atoms with Gasteiger partial charge in [-0.2, -0.15) is 0 Å². The summed E-state index contributed by atoms with van der Waals surface area (Å²) in [6, 6.07) is 44.8. The molecule has 6 aliphatic heterocycles. The van der Waals surface area contributed by atoms with Crippen molar-refractivity contribution in [1.29, 1.82) is 0 Å². The lowest BCUT2D eigenvalue weighted by Gasteiger charge is -2.12. The second-order valence-electron chi connectivity index (χ2n) is 23.5. The van der Waals surface area contributed by atoms with Gasteiger partial charge in [0.1, 0.15) is 34.6 Å². The fourth-order valence-electron chi connectivity index (χ4n) is 10.4. The summed E-state index contributed by atoms with van der Waals surface area (Å²) >= 11 is 24.6. The van der Waals surface area contributed by atoms with Gasteiger partial charge in [0, 0.05) is 82.5 Å². The summed E-state index contributed by atoms with van der Waals surface area (Å²) in [7, 11) is 0. The van der Waals surface area contributed by atoms with Crippen LogP contribution in [0.1, 0.15) is 129 Å². The zero-order valence-corrected chi connectivity index (χ0v) is 63.2. The molecule has 6 heterocycles. The number of rotatable bonds is 12. The highest BCUT2D eigenvalue weighted by molar-refractivity contribution is 9.10. The summed E-state index contributed by atoms with van der Waals surface area (Å²) in [5, 5.41) is 60.6. The van der Waals surface area contributed by atoms with Gasteiger partial charge < -0.3 is 30.6 Å². The Kier molecular flexibility index (Phi) is 29.1. The number of carbonyl (C=O) groups is 6. The van der Waals surface area contributed by atoms with E-state index in [0.717, 1.165) is 37.9 Å². The van der Waals surface area contributed by atoms with Gasteiger partial charge in [-0.1, -0.05) is 153 Å². The molecule has 0 bridgehead atoms. The largest absolute Gasteiger partial charge is 0.510 e. The van der Waals surface area contributed by atoms with Gasteiger partial charge in [0.25, 0.3) is 0 Å². The highest BCUT2D eigenvalue weighted by Crippen LogP contribution is 2.48. The molecule has 6 N–H and O–H groups in total.